The zero-order valence-corrected chi connectivity index (χ0v) is 13.9. The van der Waals surface area contributed by atoms with Crippen molar-refractivity contribution in [2.75, 3.05) is 12.4 Å². The number of carbonyl (C=O) groups excluding carboxylic acids is 1. The van der Waals surface area contributed by atoms with Crippen molar-refractivity contribution >= 4 is 23.2 Å². The van der Waals surface area contributed by atoms with Gasteiger partial charge in [-0.2, -0.15) is 0 Å². The van der Waals surface area contributed by atoms with E-state index >= 15 is 0 Å². The first-order valence-corrected chi connectivity index (χ1v) is 7.59. The van der Waals surface area contributed by atoms with Crippen molar-refractivity contribution in [1.82, 2.24) is 14.8 Å². The molecule has 1 N–H and O–H groups in total. The molecule has 0 fully saturated rings. The molecule has 1 amide bonds. The van der Waals surface area contributed by atoms with Crippen LogP contribution in [0.2, 0.25) is 5.02 Å². The van der Waals surface area contributed by atoms with Crippen molar-refractivity contribution in [2.45, 2.75) is 6.92 Å². The van der Waals surface area contributed by atoms with Crippen molar-refractivity contribution in [3.8, 4) is 11.4 Å². The molecule has 1 aromatic heterocycles. The number of aryl methyl sites for hydroxylation is 1. The van der Waals surface area contributed by atoms with Crippen LogP contribution in [0, 0.1) is 6.92 Å². The normalized spacial score (nSPS) is 10.5. The number of hydrogen-bond acceptors (Lipinski definition) is 4. The summed E-state index contributed by atoms with van der Waals surface area (Å²) < 4.78 is 6.66. The summed E-state index contributed by atoms with van der Waals surface area (Å²) in [5, 5.41) is 7.60. The summed E-state index contributed by atoms with van der Waals surface area (Å²) in [5.74, 6) is 1.01. The summed E-state index contributed by atoms with van der Waals surface area (Å²) in [6.45, 7) is 1.78. The van der Waals surface area contributed by atoms with Gasteiger partial charge in [0.2, 0.25) is 5.82 Å². The first-order chi connectivity index (χ1) is 11.6. The van der Waals surface area contributed by atoms with Gasteiger partial charge in [0.1, 0.15) is 11.6 Å². The van der Waals surface area contributed by atoms with Crippen LogP contribution in [0.4, 0.5) is 5.69 Å². The minimum atomic E-state index is -0.385. The largest absolute Gasteiger partial charge is 0.497 e. The maximum absolute atomic E-state index is 12.3. The molecular weight excluding hydrogens is 328 g/mol. The highest BCUT2D eigenvalue weighted by molar-refractivity contribution is 6.30. The third-order valence-electron chi connectivity index (χ3n) is 3.37. The van der Waals surface area contributed by atoms with E-state index in [-0.39, 0.29) is 11.7 Å². The Morgan fingerprint density at radius 3 is 2.62 bits per heavy atom. The second-order valence-electron chi connectivity index (χ2n) is 5.06. The summed E-state index contributed by atoms with van der Waals surface area (Å²) in [6.07, 6.45) is 0. The number of ether oxygens (including phenoxy) is 1. The minimum absolute atomic E-state index is 0.0864. The second kappa shape index (κ2) is 6.72. The van der Waals surface area contributed by atoms with Gasteiger partial charge in [-0.25, -0.2) is 9.67 Å². The number of halogens is 1. The smallest absolute Gasteiger partial charge is 0.295 e. The fourth-order valence-corrected chi connectivity index (χ4v) is 2.38. The Morgan fingerprint density at radius 2 is 1.96 bits per heavy atom. The van der Waals surface area contributed by atoms with Crippen LogP contribution in [0.15, 0.2) is 48.5 Å². The lowest BCUT2D eigenvalue weighted by Gasteiger charge is -2.04. The van der Waals surface area contributed by atoms with E-state index < -0.39 is 0 Å². The number of rotatable bonds is 4. The second-order valence-corrected chi connectivity index (χ2v) is 5.49. The summed E-state index contributed by atoms with van der Waals surface area (Å²) in [5.41, 5.74) is 1.38. The zero-order chi connectivity index (χ0) is 17.1. The van der Waals surface area contributed by atoms with Crippen LogP contribution in [-0.2, 0) is 0 Å². The Labute approximate surface area is 144 Å². The number of aromatic nitrogens is 3. The standard InChI is InChI=1S/C17H15ClN4O2/c1-11-19-16(21-22(11)14-5-3-4-12(18)10-14)17(23)20-13-6-8-15(24-2)9-7-13/h3-10H,1-2H3,(H,20,23). The van der Waals surface area contributed by atoms with Gasteiger partial charge in [-0.05, 0) is 49.4 Å². The Kier molecular flexibility index (Phi) is 4.48. The fraction of sp³-hybridized carbons (Fsp3) is 0.118. The lowest BCUT2D eigenvalue weighted by molar-refractivity contribution is 0.101. The van der Waals surface area contributed by atoms with Crippen molar-refractivity contribution in [3.63, 3.8) is 0 Å². The third kappa shape index (κ3) is 3.38. The number of amides is 1. The quantitative estimate of drug-likeness (QED) is 0.788. The molecule has 122 valence electrons. The number of hydrogen-bond donors (Lipinski definition) is 1. The maximum Gasteiger partial charge on any atom is 0.295 e. The third-order valence-corrected chi connectivity index (χ3v) is 3.61. The zero-order valence-electron chi connectivity index (χ0n) is 13.2. The topological polar surface area (TPSA) is 69.0 Å². The summed E-state index contributed by atoms with van der Waals surface area (Å²) >= 11 is 6.00. The van der Waals surface area contributed by atoms with E-state index in [1.165, 1.54) is 0 Å². The van der Waals surface area contributed by atoms with Crippen LogP contribution in [0.5, 0.6) is 5.75 Å². The van der Waals surface area contributed by atoms with E-state index in [0.29, 0.717) is 22.3 Å². The average molecular weight is 343 g/mol. The highest BCUT2D eigenvalue weighted by Crippen LogP contribution is 2.17. The molecule has 0 spiro atoms. The molecule has 2 aromatic carbocycles. The molecule has 3 rings (SSSR count). The molecule has 0 aliphatic rings. The van der Waals surface area contributed by atoms with Gasteiger partial charge < -0.3 is 10.1 Å². The first-order valence-electron chi connectivity index (χ1n) is 7.22. The number of methoxy groups -OCH3 is 1. The lowest BCUT2D eigenvalue weighted by atomic mass is 10.3. The summed E-state index contributed by atoms with van der Waals surface area (Å²) in [6, 6.07) is 14.2. The van der Waals surface area contributed by atoms with Crippen LogP contribution in [0.1, 0.15) is 16.4 Å². The molecule has 0 aliphatic heterocycles. The van der Waals surface area contributed by atoms with E-state index in [1.54, 1.807) is 55.1 Å². The molecule has 0 saturated carbocycles. The summed E-state index contributed by atoms with van der Waals surface area (Å²) in [4.78, 5) is 16.5. The van der Waals surface area contributed by atoms with Gasteiger partial charge in [-0.3, -0.25) is 4.79 Å². The Hall–Kier alpha value is -2.86. The highest BCUT2D eigenvalue weighted by atomic mass is 35.5. The van der Waals surface area contributed by atoms with Crippen LogP contribution >= 0.6 is 11.6 Å². The molecule has 0 atom stereocenters. The van der Waals surface area contributed by atoms with Crippen LogP contribution in [0.25, 0.3) is 5.69 Å². The molecular formula is C17H15ClN4O2. The van der Waals surface area contributed by atoms with E-state index in [0.717, 1.165) is 5.69 Å². The van der Waals surface area contributed by atoms with Crippen LogP contribution in [-0.4, -0.2) is 27.8 Å². The summed E-state index contributed by atoms with van der Waals surface area (Å²) in [7, 11) is 1.59. The van der Waals surface area contributed by atoms with Crippen LogP contribution in [0.3, 0.4) is 0 Å². The molecule has 24 heavy (non-hydrogen) atoms. The molecule has 0 saturated heterocycles. The van der Waals surface area contributed by atoms with Gasteiger partial charge >= 0.3 is 0 Å². The van der Waals surface area contributed by atoms with Gasteiger partial charge in [-0.15, -0.1) is 5.10 Å². The van der Waals surface area contributed by atoms with E-state index in [4.69, 9.17) is 16.3 Å². The Morgan fingerprint density at radius 1 is 1.21 bits per heavy atom. The first kappa shape index (κ1) is 16.0. The van der Waals surface area contributed by atoms with Gasteiger partial charge in [-0.1, -0.05) is 17.7 Å². The fourth-order valence-electron chi connectivity index (χ4n) is 2.20. The minimum Gasteiger partial charge on any atom is -0.497 e. The lowest BCUT2D eigenvalue weighted by Crippen LogP contribution is -2.14. The van der Waals surface area contributed by atoms with Gasteiger partial charge in [0, 0.05) is 10.7 Å². The molecule has 7 heteroatoms. The van der Waals surface area contributed by atoms with Gasteiger partial charge in [0.15, 0.2) is 0 Å². The number of benzene rings is 2. The molecule has 1 heterocycles. The SMILES string of the molecule is COc1ccc(NC(=O)c2nc(C)n(-c3cccc(Cl)c3)n2)cc1. The predicted octanol–water partition coefficient (Wildman–Crippen LogP) is 3.49. The molecule has 0 radical (unpaired) electrons. The number of nitrogens with one attached hydrogen (secondary N) is 1. The monoisotopic (exact) mass is 342 g/mol. The maximum atomic E-state index is 12.3. The van der Waals surface area contributed by atoms with Crippen molar-refractivity contribution in [1.29, 1.82) is 0 Å². The Balaban J connectivity index is 1.82. The molecule has 6 nitrogen and oxygen atoms in total. The number of carbonyl (C=O) groups is 1. The van der Waals surface area contributed by atoms with E-state index in [2.05, 4.69) is 15.4 Å². The van der Waals surface area contributed by atoms with Crippen molar-refractivity contribution in [3.05, 3.63) is 65.2 Å². The molecule has 0 bridgehead atoms. The number of anilines is 1. The number of nitrogens with zero attached hydrogens (tertiary/aromatic N) is 3. The Bertz CT molecular complexity index is 875. The molecule has 3 aromatic rings. The van der Waals surface area contributed by atoms with E-state index in [9.17, 15) is 4.79 Å². The average Bonchev–Trinajstić information content (AvgIpc) is 2.97. The van der Waals surface area contributed by atoms with Gasteiger partial charge in [0.25, 0.3) is 5.91 Å². The molecule has 0 unspecified atom stereocenters. The van der Waals surface area contributed by atoms with Gasteiger partial charge in [0.05, 0.1) is 12.8 Å². The van der Waals surface area contributed by atoms with Crippen LogP contribution < -0.4 is 10.1 Å². The van der Waals surface area contributed by atoms with E-state index in [1.807, 2.05) is 12.1 Å². The van der Waals surface area contributed by atoms with Crippen molar-refractivity contribution in [2.24, 2.45) is 0 Å². The molecule has 0 aliphatic carbocycles. The predicted molar refractivity (Wildman–Crippen MR) is 92.1 cm³/mol. The highest BCUT2D eigenvalue weighted by Gasteiger charge is 2.15. The van der Waals surface area contributed by atoms with Crippen molar-refractivity contribution < 1.29 is 9.53 Å².